The molecule has 3 heterocycles. The molecule has 0 saturated heterocycles. The number of nitrogens with zero attached hydrogens (tertiary/aromatic N) is 3. The lowest BCUT2D eigenvalue weighted by atomic mass is 10.1. The van der Waals surface area contributed by atoms with E-state index in [0.29, 0.717) is 11.6 Å². The quantitative estimate of drug-likeness (QED) is 0.682. The fourth-order valence-electron chi connectivity index (χ4n) is 2.07. The number of aromatic amines is 1. The third-order valence-electron chi connectivity index (χ3n) is 3.32. The maximum absolute atomic E-state index is 11.2. The number of carboxylic acids is 1. The van der Waals surface area contributed by atoms with Crippen LogP contribution in [0.25, 0.3) is 22.4 Å². The lowest BCUT2D eigenvalue weighted by molar-refractivity contribution is -0.141. The minimum Gasteiger partial charge on any atom is -0.480 e. The van der Waals surface area contributed by atoms with E-state index in [9.17, 15) is 9.90 Å². The fourth-order valence-corrected chi connectivity index (χ4v) is 2.07. The first kappa shape index (κ1) is 14.0. The van der Waals surface area contributed by atoms with Crippen molar-refractivity contribution in [3.05, 3.63) is 36.8 Å². The second kappa shape index (κ2) is 5.10. The first-order valence-corrected chi connectivity index (χ1v) is 6.74. The van der Waals surface area contributed by atoms with Gasteiger partial charge in [0.15, 0.2) is 5.82 Å². The van der Waals surface area contributed by atoms with Gasteiger partial charge in [-0.1, -0.05) is 0 Å². The number of aliphatic carboxylic acids is 1. The van der Waals surface area contributed by atoms with Crippen LogP contribution < -0.4 is 5.32 Å². The van der Waals surface area contributed by atoms with Crippen molar-refractivity contribution in [2.75, 3.05) is 5.32 Å². The average Bonchev–Trinajstić information content (AvgIpc) is 2.91. The molecule has 0 amide bonds. The monoisotopic (exact) mass is 297 g/mol. The Morgan fingerprint density at radius 1 is 1.27 bits per heavy atom. The highest BCUT2D eigenvalue weighted by atomic mass is 16.4. The van der Waals surface area contributed by atoms with E-state index in [1.807, 2.05) is 12.1 Å². The van der Waals surface area contributed by atoms with Crippen molar-refractivity contribution in [3.63, 3.8) is 0 Å². The summed E-state index contributed by atoms with van der Waals surface area (Å²) in [5.41, 5.74) is 0.457. The van der Waals surface area contributed by atoms with Gasteiger partial charge in [0.05, 0.1) is 0 Å². The molecule has 22 heavy (non-hydrogen) atoms. The molecule has 3 aromatic heterocycles. The van der Waals surface area contributed by atoms with Gasteiger partial charge in [-0.05, 0) is 32.0 Å². The van der Waals surface area contributed by atoms with Gasteiger partial charge in [-0.25, -0.2) is 19.7 Å². The summed E-state index contributed by atoms with van der Waals surface area (Å²) in [5, 5.41) is 13.0. The van der Waals surface area contributed by atoms with Crippen LogP contribution in [0.5, 0.6) is 0 Å². The smallest absolute Gasteiger partial charge is 0.328 e. The van der Waals surface area contributed by atoms with Crippen LogP contribution in [0.1, 0.15) is 13.8 Å². The number of carbonyl (C=O) groups is 1. The van der Waals surface area contributed by atoms with Gasteiger partial charge in [-0.15, -0.1) is 0 Å². The molecular formula is C15H15N5O2. The molecule has 0 aromatic carbocycles. The number of nitrogens with one attached hydrogen (secondary N) is 2. The van der Waals surface area contributed by atoms with Crippen molar-refractivity contribution in [1.82, 2.24) is 19.9 Å². The Balaban J connectivity index is 2.00. The molecule has 0 spiro atoms. The second-order valence-corrected chi connectivity index (χ2v) is 5.42. The van der Waals surface area contributed by atoms with Gasteiger partial charge in [-0.3, -0.25) is 0 Å². The van der Waals surface area contributed by atoms with E-state index in [1.54, 1.807) is 38.5 Å². The minimum atomic E-state index is -1.12. The normalized spacial score (nSPS) is 11.5. The Hall–Kier alpha value is -2.96. The van der Waals surface area contributed by atoms with Crippen LogP contribution in [0.15, 0.2) is 36.8 Å². The van der Waals surface area contributed by atoms with Gasteiger partial charge in [-0.2, -0.15) is 0 Å². The Bertz CT molecular complexity index is 841. The number of hydrogen-bond acceptors (Lipinski definition) is 5. The molecule has 0 aliphatic rings. The van der Waals surface area contributed by atoms with E-state index in [-0.39, 0.29) is 0 Å². The van der Waals surface area contributed by atoms with E-state index in [0.717, 1.165) is 16.6 Å². The topological polar surface area (TPSA) is 104 Å². The SMILES string of the molecule is CC(C)(Nc1ccnc(-c2c[nH]c3ncccc23)n1)C(=O)O. The molecule has 0 saturated carbocycles. The van der Waals surface area contributed by atoms with Crippen LogP contribution in [0.3, 0.4) is 0 Å². The molecule has 0 fully saturated rings. The number of hydrogen-bond donors (Lipinski definition) is 3. The number of H-pyrrole nitrogens is 1. The van der Waals surface area contributed by atoms with Gasteiger partial charge in [0.25, 0.3) is 0 Å². The number of fused-ring (bicyclic) bond motifs is 1. The highest BCUT2D eigenvalue weighted by Gasteiger charge is 2.27. The zero-order chi connectivity index (χ0) is 15.7. The Morgan fingerprint density at radius 3 is 2.86 bits per heavy atom. The highest BCUT2D eigenvalue weighted by molar-refractivity contribution is 5.91. The molecule has 0 bridgehead atoms. The standard InChI is InChI=1S/C15H15N5O2/c1-15(2,14(21)22)20-11-5-7-17-13(19-11)10-8-18-12-9(10)4-3-6-16-12/h3-8H,1-2H3,(H,16,18)(H,21,22)(H,17,19,20). The predicted molar refractivity (Wildman–Crippen MR) is 82.5 cm³/mol. The third kappa shape index (κ3) is 2.48. The van der Waals surface area contributed by atoms with Crippen LogP contribution in [0.4, 0.5) is 5.82 Å². The summed E-state index contributed by atoms with van der Waals surface area (Å²) in [6.07, 6.45) is 5.09. The molecule has 3 rings (SSSR count). The number of rotatable bonds is 4. The first-order chi connectivity index (χ1) is 10.5. The van der Waals surface area contributed by atoms with Crippen molar-refractivity contribution in [2.45, 2.75) is 19.4 Å². The molecule has 0 aliphatic heterocycles. The van der Waals surface area contributed by atoms with Crippen molar-refractivity contribution in [2.24, 2.45) is 0 Å². The summed E-state index contributed by atoms with van der Waals surface area (Å²) in [6.45, 7) is 3.15. The maximum atomic E-state index is 11.2. The number of anilines is 1. The number of pyridine rings is 1. The summed E-state index contributed by atoms with van der Waals surface area (Å²) in [5.74, 6) is 0.00466. The molecule has 112 valence electrons. The lowest BCUT2D eigenvalue weighted by Gasteiger charge is -2.21. The van der Waals surface area contributed by atoms with Crippen molar-refractivity contribution in [1.29, 1.82) is 0 Å². The van der Waals surface area contributed by atoms with Crippen molar-refractivity contribution in [3.8, 4) is 11.4 Å². The second-order valence-electron chi connectivity index (χ2n) is 5.42. The van der Waals surface area contributed by atoms with Crippen molar-refractivity contribution < 1.29 is 9.90 Å². The van der Waals surface area contributed by atoms with Crippen LogP contribution in [-0.4, -0.2) is 36.6 Å². The number of aromatic nitrogens is 4. The zero-order valence-electron chi connectivity index (χ0n) is 12.2. The van der Waals surface area contributed by atoms with Crippen LogP contribution in [0, 0.1) is 0 Å². The van der Waals surface area contributed by atoms with Gasteiger partial charge in [0.1, 0.15) is 17.0 Å². The molecule has 0 atom stereocenters. The molecule has 7 heteroatoms. The summed E-state index contributed by atoms with van der Waals surface area (Å²) in [6, 6.07) is 5.41. The first-order valence-electron chi connectivity index (χ1n) is 6.74. The minimum absolute atomic E-state index is 0.454. The van der Waals surface area contributed by atoms with Crippen LogP contribution in [-0.2, 0) is 4.79 Å². The predicted octanol–water partition coefficient (Wildman–Crippen LogP) is 2.29. The molecular weight excluding hydrogens is 282 g/mol. The van der Waals surface area contributed by atoms with E-state index >= 15 is 0 Å². The third-order valence-corrected chi connectivity index (χ3v) is 3.32. The van der Waals surface area contributed by atoms with Crippen LogP contribution in [0.2, 0.25) is 0 Å². The summed E-state index contributed by atoms with van der Waals surface area (Å²) >= 11 is 0. The molecule has 3 aromatic rings. The van der Waals surface area contributed by atoms with Crippen LogP contribution >= 0.6 is 0 Å². The van der Waals surface area contributed by atoms with Gasteiger partial charge in [0.2, 0.25) is 0 Å². The summed E-state index contributed by atoms with van der Waals surface area (Å²) in [7, 11) is 0. The van der Waals surface area contributed by atoms with Gasteiger partial charge < -0.3 is 15.4 Å². The highest BCUT2D eigenvalue weighted by Crippen LogP contribution is 2.25. The maximum Gasteiger partial charge on any atom is 0.328 e. The number of carboxylic acid groups (broad SMARTS) is 1. The Labute approximate surface area is 126 Å². The van der Waals surface area contributed by atoms with E-state index in [2.05, 4.69) is 25.3 Å². The molecule has 0 aliphatic carbocycles. The molecule has 0 unspecified atom stereocenters. The van der Waals surface area contributed by atoms with E-state index in [4.69, 9.17) is 0 Å². The largest absolute Gasteiger partial charge is 0.480 e. The summed E-state index contributed by atoms with van der Waals surface area (Å²) < 4.78 is 0. The molecule has 0 radical (unpaired) electrons. The average molecular weight is 297 g/mol. The lowest BCUT2D eigenvalue weighted by Crippen LogP contribution is -2.40. The fraction of sp³-hybridized carbons (Fsp3) is 0.200. The van der Waals surface area contributed by atoms with Gasteiger partial charge >= 0.3 is 5.97 Å². The van der Waals surface area contributed by atoms with Gasteiger partial charge in [0, 0.05) is 29.5 Å². The zero-order valence-corrected chi connectivity index (χ0v) is 12.2. The molecule has 3 N–H and O–H groups in total. The Kier molecular flexibility index (Phi) is 3.25. The van der Waals surface area contributed by atoms with E-state index < -0.39 is 11.5 Å². The Morgan fingerprint density at radius 2 is 2.09 bits per heavy atom. The van der Waals surface area contributed by atoms with Crippen molar-refractivity contribution >= 4 is 22.8 Å². The summed E-state index contributed by atoms with van der Waals surface area (Å²) in [4.78, 5) is 27.1. The molecule has 7 nitrogen and oxygen atoms in total. The van der Waals surface area contributed by atoms with E-state index in [1.165, 1.54) is 0 Å².